The van der Waals surface area contributed by atoms with Gasteiger partial charge < -0.3 is 10.5 Å². The van der Waals surface area contributed by atoms with E-state index in [9.17, 15) is 0 Å². The molecular weight excluding hydrogens is 258 g/mol. The van der Waals surface area contributed by atoms with Gasteiger partial charge in [0.1, 0.15) is 0 Å². The van der Waals surface area contributed by atoms with Crippen LogP contribution in [0.4, 0.5) is 0 Å². The number of aromatic nitrogens is 2. The number of rotatable bonds is 4. The molecule has 19 heavy (non-hydrogen) atoms. The first kappa shape index (κ1) is 14.7. The summed E-state index contributed by atoms with van der Waals surface area (Å²) in [5, 5.41) is 0.700. The maximum atomic E-state index is 5.84. The summed E-state index contributed by atoms with van der Waals surface area (Å²) in [7, 11) is 0. The lowest BCUT2D eigenvalue weighted by molar-refractivity contribution is 0.152. The summed E-state index contributed by atoms with van der Waals surface area (Å²) in [6.45, 7) is 7.86. The zero-order valence-electron chi connectivity index (χ0n) is 12.2. The summed E-state index contributed by atoms with van der Waals surface area (Å²) in [6, 6.07) is 0. The van der Waals surface area contributed by atoms with Crippen LogP contribution in [0.1, 0.15) is 52.3 Å². The Balaban J connectivity index is 1.89. The molecule has 0 bridgehead atoms. The van der Waals surface area contributed by atoms with E-state index in [-0.39, 0.29) is 5.41 Å². The molecule has 2 unspecified atom stereocenters. The molecule has 1 fully saturated rings. The van der Waals surface area contributed by atoms with Gasteiger partial charge in [0.25, 0.3) is 5.19 Å². The molecule has 0 aliphatic heterocycles. The fourth-order valence-corrected chi connectivity index (χ4v) is 3.29. The van der Waals surface area contributed by atoms with Gasteiger partial charge in [-0.3, -0.25) is 0 Å². The lowest BCUT2D eigenvalue weighted by Gasteiger charge is -2.29. The molecule has 0 radical (unpaired) electrons. The summed E-state index contributed by atoms with van der Waals surface area (Å²) in [5.41, 5.74) is 5.83. The van der Waals surface area contributed by atoms with Crippen molar-refractivity contribution in [2.45, 2.75) is 51.9 Å². The molecule has 5 heteroatoms. The highest BCUT2D eigenvalue weighted by Gasteiger charge is 2.25. The fraction of sp³-hybridized carbons (Fsp3) is 0.857. The molecule has 1 aliphatic rings. The minimum absolute atomic E-state index is 0.0112. The van der Waals surface area contributed by atoms with Crippen LogP contribution in [0, 0.1) is 11.8 Å². The van der Waals surface area contributed by atoms with Crippen molar-refractivity contribution in [3.05, 3.63) is 5.82 Å². The summed E-state index contributed by atoms with van der Waals surface area (Å²) in [4.78, 5) is 4.47. The highest BCUT2D eigenvalue weighted by atomic mass is 32.1. The van der Waals surface area contributed by atoms with E-state index in [1.54, 1.807) is 0 Å². The third-order valence-corrected chi connectivity index (χ3v) is 4.50. The van der Waals surface area contributed by atoms with Crippen molar-refractivity contribution in [3.63, 3.8) is 0 Å². The average molecular weight is 283 g/mol. The first-order valence-corrected chi connectivity index (χ1v) is 7.95. The van der Waals surface area contributed by atoms with Gasteiger partial charge in [0.05, 0.1) is 6.61 Å². The molecule has 108 valence electrons. The molecular formula is C14H25N3OS. The van der Waals surface area contributed by atoms with Crippen molar-refractivity contribution >= 4 is 11.5 Å². The predicted octanol–water partition coefficient (Wildman–Crippen LogP) is 2.98. The Morgan fingerprint density at radius 1 is 1.26 bits per heavy atom. The van der Waals surface area contributed by atoms with Gasteiger partial charge in [-0.1, -0.05) is 33.6 Å². The van der Waals surface area contributed by atoms with E-state index < -0.39 is 0 Å². The SMILES string of the molecule is CC(C)(C)c1nsc(OCC2CCCCC2CN)n1. The van der Waals surface area contributed by atoms with E-state index in [1.165, 1.54) is 37.2 Å². The molecule has 4 nitrogen and oxygen atoms in total. The molecule has 0 amide bonds. The van der Waals surface area contributed by atoms with Crippen molar-refractivity contribution in [2.75, 3.05) is 13.2 Å². The van der Waals surface area contributed by atoms with Gasteiger partial charge in [-0.05, 0) is 31.2 Å². The third kappa shape index (κ3) is 3.89. The maximum absolute atomic E-state index is 5.84. The second kappa shape index (κ2) is 6.18. The van der Waals surface area contributed by atoms with Crippen LogP contribution in [0.2, 0.25) is 0 Å². The first-order chi connectivity index (χ1) is 9.00. The smallest absolute Gasteiger partial charge is 0.293 e. The van der Waals surface area contributed by atoms with Gasteiger partial charge in [-0.15, -0.1) is 0 Å². The topological polar surface area (TPSA) is 61.0 Å². The Hall–Kier alpha value is -0.680. The lowest BCUT2D eigenvalue weighted by atomic mass is 9.80. The summed E-state index contributed by atoms with van der Waals surface area (Å²) in [5.74, 6) is 2.07. The van der Waals surface area contributed by atoms with Crippen LogP contribution in [-0.2, 0) is 5.41 Å². The van der Waals surface area contributed by atoms with Crippen LogP contribution in [0.5, 0.6) is 5.19 Å². The van der Waals surface area contributed by atoms with Gasteiger partial charge in [-0.25, -0.2) is 0 Å². The van der Waals surface area contributed by atoms with Gasteiger partial charge in [0, 0.05) is 16.9 Å². The maximum Gasteiger partial charge on any atom is 0.293 e. The third-order valence-electron chi connectivity index (χ3n) is 3.87. The largest absolute Gasteiger partial charge is 0.469 e. The average Bonchev–Trinajstić information content (AvgIpc) is 2.85. The molecule has 2 rings (SSSR count). The van der Waals surface area contributed by atoms with E-state index in [0.29, 0.717) is 17.0 Å². The quantitative estimate of drug-likeness (QED) is 0.923. The fourth-order valence-electron chi connectivity index (χ4n) is 2.57. The van der Waals surface area contributed by atoms with Crippen molar-refractivity contribution in [2.24, 2.45) is 17.6 Å². The summed E-state index contributed by atoms with van der Waals surface area (Å²) < 4.78 is 10.2. The Kier molecular flexibility index (Phi) is 4.79. The number of hydrogen-bond donors (Lipinski definition) is 1. The first-order valence-electron chi connectivity index (χ1n) is 7.17. The molecule has 2 N–H and O–H groups in total. The number of nitrogens with two attached hydrogens (primary N) is 1. The van der Waals surface area contributed by atoms with Gasteiger partial charge in [0.2, 0.25) is 0 Å². The highest BCUT2D eigenvalue weighted by Crippen LogP contribution is 2.30. The van der Waals surface area contributed by atoms with Crippen molar-refractivity contribution in [1.29, 1.82) is 0 Å². The molecule has 1 heterocycles. The number of nitrogens with zero attached hydrogens (tertiary/aromatic N) is 2. The van der Waals surface area contributed by atoms with E-state index in [0.717, 1.165) is 19.0 Å². The van der Waals surface area contributed by atoms with Crippen LogP contribution in [0.3, 0.4) is 0 Å². The van der Waals surface area contributed by atoms with E-state index in [1.807, 2.05) is 0 Å². The van der Waals surface area contributed by atoms with Crippen molar-refractivity contribution in [1.82, 2.24) is 9.36 Å². The predicted molar refractivity (Wildman–Crippen MR) is 78.6 cm³/mol. The van der Waals surface area contributed by atoms with Crippen LogP contribution in [0.25, 0.3) is 0 Å². The lowest BCUT2D eigenvalue weighted by Crippen LogP contribution is -2.30. The molecule has 2 atom stereocenters. The van der Waals surface area contributed by atoms with Gasteiger partial charge >= 0.3 is 0 Å². The molecule has 0 aromatic carbocycles. The second-order valence-electron chi connectivity index (χ2n) is 6.49. The molecule has 0 spiro atoms. The van der Waals surface area contributed by atoms with Crippen molar-refractivity contribution < 1.29 is 4.74 Å². The molecule has 1 aliphatic carbocycles. The monoisotopic (exact) mass is 283 g/mol. The Labute approximate surface area is 119 Å². The minimum Gasteiger partial charge on any atom is -0.469 e. The van der Waals surface area contributed by atoms with E-state index >= 15 is 0 Å². The Bertz CT molecular complexity index is 400. The zero-order valence-corrected chi connectivity index (χ0v) is 13.0. The zero-order chi connectivity index (χ0) is 13.9. The molecule has 1 aromatic rings. The number of ether oxygens (including phenoxy) is 1. The van der Waals surface area contributed by atoms with E-state index in [4.69, 9.17) is 10.5 Å². The van der Waals surface area contributed by atoms with Gasteiger partial charge in [-0.2, -0.15) is 9.36 Å². The molecule has 0 saturated heterocycles. The van der Waals surface area contributed by atoms with Crippen LogP contribution in [-0.4, -0.2) is 22.5 Å². The normalized spacial score (nSPS) is 24.4. The van der Waals surface area contributed by atoms with Crippen LogP contribution >= 0.6 is 11.5 Å². The molecule has 1 saturated carbocycles. The van der Waals surface area contributed by atoms with E-state index in [2.05, 4.69) is 30.1 Å². The standard InChI is InChI=1S/C14H25N3OS/c1-14(2,3)12-16-13(19-17-12)18-9-11-7-5-4-6-10(11)8-15/h10-11H,4-9,15H2,1-3H3. The van der Waals surface area contributed by atoms with Crippen molar-refractivity contribution in [3.8, 4) is 5.19 Å². The Morgan fingerprint density at radius 2 is 1.95 bits per heavy atom. The van der Waals surface area contributed by atoms with Crippen LogP contribution in [0.15, 0.2) is 0 Å². The minimum atomic E-state index is -0.0112. The highest BCUT2D eigenvalue weighted by molar-refractivity contribution is 7.07. The van der Waals surface area contributed by atoms with Gasteiger partial charge in [0.15, 0.2) is 5.82 Å². The second-order valence-corrected chi connectivity index (χ2v) is 7.20. The van der Waals surface area contributed by atoms with Crippen LogP contribution < -0.4 is 10.5 Å². The number of hydrogen-bond acceptors (Lipinski definition) is 5. The summed E-state index contributed by atoms with van der Waals surface area (Å²) in [6.07, 6.45) is 5.08. The Morgan fingerprint density at radius 3 is 2.53 bits per heavy atom. The molecule has 1 aromatic heterocycles. The summed E-state index contributed by atoms with van der Waals surface area (Å²) >= 11 is 1.36.